The number of fused-ring (bicyclic) bond motifs is 2. The number of carboxylic acid groups (broad SMARTS) is 1. The average molecular weight is 570 g/mol. The third-order valence-corrected chi connectivity index (χ3v) is 8.30. The Morgan fingerprint density at radius 1 is 0.860 bits per heavy atom. The van der Waals surface area contributed by atoms with E-state index in [0.29, 0.717) is 31.1 Å². The summed E-state index contributed by atoms with van der Waals surface area (Å²) in [5.41, 5.74) is 5.52. The molecule has 0 aliphatic heterocycles. The molecule has 0 spiro atoms. The molecule has 1 aliphatic carbocycles. The molecule has 0 unspecified atom stereocenters. The molecule has 1 N–H and O–H groups in total. The van der Waals surface area contributed by atoms with Crippen LogP contribution in [0.25, 0.3) is 33.3 Å². The molecule has 3 aromatic carbocycles. The summed E-state index contributed by atoms with van der Waals surface area (Å²) in [5.74, 6) is 0.810. The number of para-hydroxylation sites is 1. The molecule has 43 heavy (non-hydrogen) atoms. The van der Waals surface area contributed by atoms with Crippen LogP contribution in [-0.2, 0) is 17.9 Å². The quantitative estimate of drug-likeness (QED) is 0.210. The standard InChI is InChI=1S/C35H31N5O3/c41-35(42)29-11-3-2-10-28(29)34-39-31-20-27(43-22-26-14-13-24-8-1-4-12-30(24)38-26)15-16-32(31)40(34)21-23-7-5-9-25(19-23)33-36-17-6-18-37-33/h1,4-9,12-20,28-29H,2-3,10-11,21-22H2,(H,41,42)/t28-,29+/m0/s1. The Balaban J connectivity index is 1.23. The lowest BCUT2D eigenvalue weighted by Crippen LogP contribution is -2.27. The number of imidazole rings is 1. The second kappa shape index (κ2) is 11.6. The van der Waals surface area contributed by atoms with Crippen LogP contribution in [0.4, 0.5) is 0 Å². The van der Waals surface area contributed by atoms with Crippen molar-refractivity contribution in [3.63, 3.8) is 0 Å². The molecule has 1 aliphatic rings. The maximum absolute atomic E-state index is 12.3. The predicted molar refractivity (Wildman–Crippen MR) is 165 cm³/mol. The molecule has 1 saturated carbocycles. The first-order valence-corrected chi connectivity index (χ1v) is 14.7. The van der Waals surface area contributed by atoms with Gasteiger partial charge in [-0.2, -0.15) is 0 Å². The zero-order valence-corrected chi connectivity index (χ0v) is 23.6. The molecule has 0 amide bonds. The number of benzene rings is 3. The van der Waals surface area contributed by atoms with Crippen molar-refractivity contribution in [3.8, 4) is 17.1 Å². The highest BCUT2D eigenvalue weighted by molar-refractivity contribution is 5.79. The van der Waals surface area contributed by atoms with Gasteiger partial charge in [0.15, 0.2) is 5.82 Å². The fraction of sp³-hybridized carbons (Fsp3) is 0.229. The second-order valence-electron chi connectivity index (χ2n) is 11.1. The van der Waals surface area contributed by atoms with E-state index in [1.165, 1.54) is 0 Å². The third kappa shape index (κ3) is 5.56. The van der Waals surface area contributed by atoms with Crippen LogP contribution in [0.15, 0.2) is 97.3 Å². The second-order valence-corrected chi connectivity index (χ2v) is 11.1. The van der Waals surface area contributed by atoms with Crippen LogP contribution < -0.4 is 4.74 Å². The van der Waals surface area contributed by atoms with Crippen LogP contribution >= 0.6 is 0 Å². The highest BCUT2D eigenvalue weighted by Gasteiger charge is 2.35. The third-order valence-electron chi connectivity index (χ3n) is 8.30. The van der Waals surface area contributed by atoms with Gasteiger partial charge in [-0.1, -0.05) is 55.3 Å². The van der Waals surface area contributed by atoms with E-state index in [0.717, 1.165) is 63.8 Å². The number of pyridine rings is 1. The first-order valence-electron chi connectivity index (χ1n) is 14.7. The minimum Gasteiger partial charge on any atom is -0.487 e. The largest absolute Gasteiger partial charge is 0.487 e. The van der Waals surface area contributed by atoms with Gasteiger partial charge in [-0.15, -0.1) is 0 Å². The van der Waals surface area contributed by atoms with E-state index >= 15 is 0 Å². The smallest absolute Gasteiger partial charge is 0.307 e. The number of hydrogen-bond donors (Lipinski definition) is 1. The van der Waals surface area contributed by atoms with Crippen LogP contribution in [-0.4, -0.2) is 35.6 Å². The molecule has 1 fully saturated rings. The fourth-order valence-electron chi connectivity index (χ4n) is 6.19. The molecular formula is C35H31N5O3. The fourth-order valence-corrected chi connectivity index (χ4v) is 6.19. The maximum Gasteiger partial charge on any atom is 0.307 e. The zero-order chi connectivity index (χ0) is 29.2. The molecule has 6 aromatic rings. The first-order chi connectivity index (χ1) is 21.1. The summed E-state index contributed by atoms with van der Waals surface area (Å²) in [4.78, 5) is 30.9. The van der Waals surface area contributed by atoms with Crippen LogP contribution in [0, 0.1) is 5.92 Å². The van der Waals surface area contributed by atoms with Gasteiger partial charge in [0, 0.05) is 41.9 Å². The summed E-state index contributed by atoms with van der Waals surface area (Å²) < 4.78 is 8.35. The SMILES string of the molecule is O=C(O)[C@@H]1CCCC[C@@H]1c1nc2cc(OCc3ccc4ccccc4n3)ccc2n1Cc1cccc(-c2ncccn2)c1. The van der Waals surface area contributed by atoms with Crippen molar-refractivity contribution in [1.29, 1.82) is 0 Å². The van der Waals surface area contributed by atoms with E-state index in [2.05, 4.69) is 32.7 Å². The van der Waals surface area contributed by atoms with E-state index in [-0.39, 0.29) is 5.92 Å². The Hall–Kier alpha value is -5.11. The lowest BCUT2D eigenvalue weighted by Gasteiger charge is -2.28. The lowest BCUT2D eigenvalue weighted by atomic mass is 9.78. The van der Waals surface area contributed by atoms with Crippen molar-refractivity contribution in [3.05, 3.63) is 114 Å². The van der Waals surface area contributed by atoms with E-state index in [1.807, 2.05) is 60.7 Å². The Bertz CT molecular complexity index is 1920. The Labute approximate surface area is 249 Å². The van der Waals surface area contributed by atoms with Gasteiger partial charge in [0.1, 0.15) is 18.2 Å². The van der Waals surface area contributed by atoms with Crippen molar-refractivity contribution < 1.29 is 14.6 Å². The minimum atomic E-state index is -0.751. The lowest BCUT2D eigenvalue weighted by molar-refractivity contribution is -0.143. The van der Waals surface area contributed by atoms with Gasteiger partial charge in [-0.25, -0.2) is 19.9 Å². The Kier molecular flexibility index (Phi) is 7.25. The molecule has 8 heteroatoms. The van der Waals surface area contributed by atoms with Crippen LogP contribution in [0.2, 0.25) is 0 Å². The topological polar surface area (TPSA) is 103 Å². The van der Waals surface area contributed by atoms with E-state index < -0.39 is 11.9 Å². The Morgan fingerprint density at radius 3 is 2.60 bits per heavy atom. The maximum atomic E-state index is 12.3. The van der Waals surface area contributed by atoms with E-state index in [4.69, 9.17) is 14.7 Å². The summed E-state index contributed by atoms with van der Waals surface area (Å²) >= 11 is 0. The van der Waals surface area contributed by atoms with Gasteiger partial charge in [-0.3, -0.25) is 4.79 Å². The van der Waals surface area contributed by atoms with Crippen molar-refractivity contribution in [2.24, 2.45) is 5.92 Å². The van der Waals surface area contributed by atoms with Gasteiger partial charge in [0.05, 0.1) is 28.2 Å². The number of hydrogen-bond acceptors (Lipinski definition) is 6. The van der Waals surface area contributed by atoms with Gasteiger partial charge in [0.25, 0.3) is 0 Å². The number of carbonyl (C=O) groups is 1. The molecule has 0 bridgehead atoms. The summed E-state index contributed by atoms with van der Waals surface area (Å²) in [6, 6.07) is 28.0. The van der Waals surface area contributed by atoms with Crippen molar-refractivity contribution >= 4 is 27.9 Å². The van der Waals surface area contributed by atoms with E-state index in [9.17, 15) is 9.90 Å². The van der Waals surface area contributed by atoms with Gasteiger partial charge < -0.3 is 14.4 Å². The Morgan fingerprint density at radius 2 is 1.72 bits per heavy atom. The number of carboxylic acids is 1. The van der Waals surface area contributed by atoms with Gasteiger partial charge >= 0.3 is 5.97 Å². The highest BCUT2D eigenvalue weighted by atomic mass is 16.5. The molecule has 7 rings (SSSR count). The molecule has 214 valence electrons. The van der Waals surface area contributed by atoms with Crippen LogP contribution in [0.3, 0.4) is 0 Å². The molecule has 0 radical (unpaired) electrons. The van der Waals surface area contributed by atoms with Crippen molar-refractivity contribution in [2.75, 3.05) is 0 Å². The predicted octanol–water partition coefficient (Wildman–Crippen LogP) is 7.03. The monoisotopic (exact) mass is 569 g/mol. The minimum absolute atomic E-state index is 0.162. The summed E-state index contributed by atoms with van der Waals surface area (Å²) in [7, 11) is 0. The highest BCUT2D eigenvalue weighted by Crippen LogP contribution is 2.39. The van der Waals surface area contributed by atoms with Crippen LogP contribution in [0.1, 0.15) is 48.7 Å². The summed E-state index contributed by atoms with van der Waals surface area (Å²) in [6.45, 7) is 0.887. The summed E-state index contributed by atoms with van der Waals surface area (Å²) in [5, 5.41) is 11.2. The molecular weight excluding hydrogens is 538 g/mol. The number of rotatable bonds is 8. The molecule has 3 aromatic heterocycles. The number of aliphatic carboxylic acids is 1. The molecule has 2 atom stereocenters. The van der Waals surface area contributed by atoms with Gasteiger partial charge in [0.2, 0.25) is 0 Å². The molecule has 0 saturated heterocycles. The first kappa shape index (κ1) is 26.8. The van der Waals surface area contributed by atoms with Crippen molar-refractivity contribution in [2.45, 2.75) is 44.8 Å². The zero-order valence-electron chi connectivity index (χ0n) is 23.6. The number of nitrogens with zero attached hydrogens (tertiary/aromatic N) is 5. The average Bonchev–Trinajstić information content (AvgIpc) is 3.41. The normalized spacial score (nSPS) is 16.8. The van der Waals surface area contributed by atoms with Crippen molar-refractivity contribution in [1.82, 2.24) is 24.5 Å². The number of aromatic nitrogens is 5. The van der Waals surface area contributed by atoms with Gasteiger partial charge in [-0.05, 0) is 54.8 Å². The van der Waals surface area contributed by atoms with Crippen LogP contribution in [0.5, 0.6) is 5.75 Å². The molecule has 8 nitrogen and oxygen atoms in total. The summed E-state index contributed by atoms with van der Waals surface area (Å²) in [6.07, 6.45) is 6.86. The number of ether oxygens (including phenoxy) is 1. The molecule has 3 heterocycles. The van der Waals surface area contributed by atoms with E-state index in [1.54, 1.807) is 18.5 Å².